The smallest absolute Gasteiger partial charge is 0.445 e. The summed E-state index contributed by atoms with van der Waals surface area (Å²) >= 11 is 0. The minimum absolute atomic E-state index is 0.0223. The Bertz CT molecular complexity index is 859. The van der Waals surface area contributed by atoms with E-state index in [1.807, 2.05) is 11.8 Å². The van der Waals surface area contributed by atoms with Crippen LogP contribution in [0.5, 0.6) is 0 Å². The molecule has 0 aliphatic heterocycles. The standard InChI is InChI=1S/C18H15F15O2/c1-8(2)5-6-10(7-9(3)4)35-11(34)12(19,20)13(21,22)14(23,24)15(25,26)16(27,28)17(29,30)18(31,32)33/h9-10H,1,7H2,2-4H3. The third kappa shape index (κ3) is 5.60. The van der Waals surface area contributed by atoms with E-state index in [1.165, 1.54) is 20.8 Å². The number of allylic oxidation sites excluding steroid dienone is 1. The van der Waals surface area contributed by atoms with Gasteiger partial charge in [0.05, 0.1) is 0 Å². The van der Waals surface area contributed by atoms with E-state index in [0.717, 1.165) is 0 Å². The first-order valence-electron chi connectivity index (χ1n) is 8.84. The van der Waals surface area contributed by atoms with E-state index >= 15 is 0 Å². The molecule has 0 rings (SSSR count). The van der Waals surface area contributed by atoms with Gasteiger partial charge in [0.25, 0.3) is 0 Å². The summed E-state index contributed by atoms with van der Waals surface area (Å²) in [5, 5.41) is 0. The second-order valence-corrected chi connectivity index (χ2v) is 7.52. The van der Waals surface area contributed by atoms with E-state index in [9.17, 15) is 70.7 Å². The molecule has 0 radical (unpaired) electrons. The van der Waals surface area contributed by atoms with Crippen LogP contribution in [-0.2, 0) is 9.53 Å². The van der Waals surface area contributed by atoms with Crippen molar-refractivity contribution >= 4 is 5.97 Å². The first kappa shape index (κ1) is 32.7. The molecule has 0 aromatic heterocycles. The lowest BCUT2D eigenvalue weighted by atomic mass is 9.91. The van der Waals surface area contributed by atoms with Gasteiger partial charge in [-0.15, -0.1) is 0 Å². The molecule has 0 aliphatic rings. The molecule has 0 saturated carbocycles. The Kier molecular flexibility index (Phi) is 9.01. The molecule has 1 atom stereocenters. The number of halogens is 15. The Morgan fingerprint density at radius 1 is 0.743 bits per heavy atom. The number of hydrogen-bond acceptors (Lipinski definition) is 2. The predicted octanol–water partition coefficient (Wildman–Crippen LogP) is 6.90. The van der Waals surface area contributed by atoms with Crippen molar-refractivity contribution in [1.82, 2.24) is 0 Å². The molecule has 0 aromatic carbocycles. The summed E-state index contributed by atoms with van der Waals surface area (Å²) in [6, 6.07) is 0. The van der Waals surface area contributed by atoms with Gasteiger partial charge in [-0.2, -0.15) is 65.9 Å². The van der Waals surface area contributed by atoms with Crippen LogP contribution >= 0.6 is 0 Å². The Morgan fingerprint density at radius 3 is 1.46 bits per heavy atom. The number of hydrogen-bond donors (Lipinski definition) is 0. The number of carbonyl (C=O) groups excluding carboxylic acids is 1. The Morgan fingerprint density at radius 2 is 1.11 bits per heavy atom. The lowest BCUT2D eigenvalue weighted by molar-refractivity contribution is -0.450. The number of esters is 1. The van der Waals surface area contributed by atoms with Crippen LogP contribution in [0.15, 0.2) is 12.2 Å². The van der Waals surface area contributed by atoms with E-state index in [2.05, 4.69) is 11.3 Å². The maximum absolute atomic E-state index is 13.9. The minimum Gasteiger partial charge on any atom is -0.445 e. The van der Waals surface area contributed by atoms with E-state index < -0.39 is 66.1 Å². The Hall–Kier alpha value is -2.28. The van der Waals surface area contributed by atoms with Crippen LogP contribution in [0.3, 0.4) is 0 Å². The summed E-state index contributed by atoms with van der Waals surface area (Å²) in [5.41, 5.74) is -0.0223. The number of carbonyl (C=O) groups is 1. The third-order valence-electron chi connectivity index (χ3n) is 3.97. The fourth-order valence-electron chi connectivity index (χ4n) is 2.07. The van der Waals surface area contributed by atoms with E-state index in [4.69, 9.17) is 0 Å². The molecule has 0 bridgehead atoms. The molecule has 1 unspecified atom stereocenters. The molecule has 0 aromatic rings. The van der Waals surface area contributed by atoms with Crippen molar-refractivity contribution in [2.75, 3.05) is 0 Å². The molecule has 17 heteroatoms. The van der Waals surface area contributed by atoms with Gasteiger partial charge in [0, 0.05) is 0 Å². The summed E-state index contributed by atoms with van der Waals surface area (Å²) in [7, 11) is 0. The number of rotatable bonds is 9. The molecule has 0 aliphatic carbocycles. The SMILES string of the molecule is C=C(C)C#CC(CC(C)C)OC(=O)C(F)(F)C(F)(F)C(F)(F)C(F)(F)C(F)(F)C(F)(F)C(F)(F)F. The average Bonchev–Trinajstić information content (AvgIpc) is 2.63. The Labute approximate surface area is 187 Å². The fourth-order valence-corrected chi connectivity index (χ4v) is 2.07. The molecule has 0 amide bonds. The third-order valence-corrected chi connectivity index (χ3v) is 3.97. The maximum atomic E-state index is 13.9. The molecular weight excluding hydrogens is 533 g/mol. The van der Waals surface area contributed by atoms with Gasteiger partial charge in [0.15, 0.2) is 6.10 Å². The van der Waals surface area contributed by atoms with Crippen molar-refractivity contribution in [3.8, 4) is 11.8 Å². The van der Waals surface area contributed by atoms with Crippen molar-refractivity contribution in [1.29, 1.82) is 0 Å². The second-order valence-electron chi connectivity index (χ2n) is 7.52. The lowest BCUT2D eigenvalue weighted by Gasteiger charge is -2.40. The van der Waals surface area contributed by atoms with E-state index in [0.29, 0.717) is 0 Å². The van der Waals surface area contributed by atoms with Crippen LogP contribution in [-0.4, -0.2) is 53.8 Å². The van der Waals surface area contributed by atoms with Crippen LogP contribution in [0.4, 0.5) is 65.9 Å². The molecule has 0 saturated heterocycles. The highest BCUT2D eigenvalue weighted by Crippen LogP contribution is 2.62. The normalized spacial score (nSPS) is 15.4. The van der Waals surface area contributed by atoms with Crippen molar-refractivity contribution in [2.45, 2.75) is 75.0 Å². The maximum Gasteiger partial charge on any atom is 0.460 e. The quantitative estimate of drug-likeness (QED) is 0.178. The molecule has 0 spiro atoms. The van der Waals surface area contributed by atoms with Crippen LogP contribution in [0.25, 0.3) is 0 Å². The van der Waals surface area contributed by atoms with Gasteiger partial charge in [-0.3, -0.25) is 0 Å². The Balaban J connectivity index is 6.52. The topological polar surface area (TPSA) is 26.3 Å². The van der Waals surface area contributed by atoms with Crippen LogP contribution in [0, 0.1) is 17.8 Å². The van der Waals surface area contributed by atoms with Gasteiger partial charge in [-0.25, -0.2) is 4.79 Å². The highest BCUT2D eigenvalue weighted by Gasteiger charge is 2.94. The summed E-state index contributed by atoms with van der Waals surface area (Å²) in [5.74, 6) is -48.9. The summed E-state index contributed by atoms with van der Waals surface area (Å²) in [6.07, 6.45) is -10.3. The van der Waals surface area contributed by atoms with Crippen LogP contribution in [0.1, 0.15) is 27.2 Å². The van der Waals surface area contributed by atoms with Gasteiger partial charge in [0.2, 0.25) is 0 Å². The van der Waals surface area contributed by atoms with Crippen molar-refractivity contribution in [3.05, 3.63) is 12.2 Å². The molecule has 0 N–H and O–H groups in total. The highest BCUT2D eigenvalue weighted by atomic mass is 19.4. The molecule has 0 heterocycles. The number of ether oxygens (including phenoxy) is 1. The lowest BCUT2D eigenvalue weighted by Crippen LogP contribution is -2.73. The monoisotopic (exact) mass is 548 g/mol. The molecule has 204 valence electrons. The summed E-state index contributed by atoms with van der Waals surface area (Å²) < 4.78 is 201. The van der Waals surface area contributed by atoms with E-state index in [1.54, 1.807) is 0 Å². The van der Waals surface area contributed by atoms with Gasteiger partial charge in [-0.05, 0) is 24.8 Å². The van der Waals surface area contributed by atoms with Crippen LogP contribution in [0.2, 0.25) is 0 Å². The molecule has 0 fully saturated rings. The first-order valence-corrected chi connectivity index (χ1v) is 8.84. The minimum atomic E-state index is -8.48. The molecule has 2 nitrogen and oxygen atoms in total. The van der Waals surface area contributed by atoms with Gasteiger partial charge < -0.3 is 4.74 Å². The largest absolute Gasteiger partial charge is 0.460 e. The van der Waals surface area contributed by atoms with Crippen molar-refractivity contribution in [3.63, 3.8) is 0 Å². The summed E-state index contributed by atoms with van der Waals surface area (Å²) in [6.45, 7) is 7.08. The molecular formula is C18H15F15O2. The summed E-state index contributed by atoms with van der Waals surface area (Å²) in [4.78, 5) is 11.5. The van der Waals surface area contributed by atoms with Crippen LogP contribution < -0.4 is 0 Å². The predicted molar refractivity (Wildman–Crippen MR) is 87.7 cm³/mol. The second kappa shape index (κ2) is 9.64. The fraction of sp³-hybridized carbons (Fsp3) is 0.722. The average molecular weight is 548 g/mol. The van der Waals surface area contributed by atoms with E-state index in [-0.39, 0.29) is 5.57 Å². The van der Waals surface area contributed by atoms with Gasteiger partial charge in [0.1, 0.15) is 0 Å². The first-order chi connectivity index (χ1) is 15.1. The number of alkyl halides is 15. The van der Waals surface area contributed by atoms with Crippen molar-refractivity contribution in [2.24, 2.45) is 5.92 Å². The van der Waals surface area contributed by atoms with Gasteiger partial charge >= 0.3 is 47.7 Å². The zero-order valence-corrected chi connectivity index (χ0v) is 17.6. The zero-order chi connectivity index (χ0) is 28.6. The highest BCUT2D eigenvalue weighted by molar-refractivity contribution is 5.79. The van der Waals surface area contributed by atoms with Crippen molar-refractivity contribution < 1.29 is 75.4 Å². The molecule has 35 heavy (non-hydrogen) atoms. The zero-order valence-electron chi connectivity index (χ0n) is 17.6. The van der Waals surface area contributed by atoms with Gasteiger partial charge in [-0.1, -0.05) is 32.3 Å².